The number of hydrogen-bond donors (Lipinski definition) is 0. The average molecular weight is 136 g/mol. The van der Waals surface area contributed by atoms with E-state index in [0.717, 1.165) is 12.3 Å². The minimum Gasteiger partial charge on any atom is -0.0858 e. The van der Waals surface area contributed by atoms with Gasteiger partial charge in [0.1, 0.15) is 0 Å². The van der Waals surface area contributed by atoms with Crippen LogP contribution in [0.4, 0.5) is 0 Å². The van der Waals surface area contributed by atoms with Gasteiger partial charge in [0.15, 0.2) is 0 Å². The minimum atomic E-state index is 0.221. The first kappa shape index (κ1) is 9.80. The Labute approximate surface area is 66.1 Å². The van der Waals surface area contributed by atoms with Crippen LogP contribution in [0.15, 0.2) is 11.6 Å². The smallest absolute Gasteiger partial charge is 0.0755 e. The van der Waals surface area contributed by atoms with Crippen LogP contribution in [0, 0.1) is 5.92 Å². The predicted octanol–water partition coefficient (Wildman–Crippen LogP) is 2.96. The topological polar surface area (TPSA) is 0 Å². The highest BCUT2D eigenvalue weighted by molar-refractivity contribution is 6.13. The number of hydrogen-bond acceptors (Lipinski definition) is 0. The quantitative estimate of drug-likeness (QED) is 0.413. The summed E-state index contributed by atoms with van der Waals surface area (Å²) in [4.78, 5) is 0. The van der Waals surface area contributed by atoms with Crippen LogP contribution >= 0.6 is 0 Å². The van der Waals surface area contributed by atoms with E-state index in [0.29, 0.717) is 0 Å². The van der Waals surface area contributed by atoms with Gasteiger partial charge in [-0.05, 0) is 19.3 Å². The highest BCUT2D eigenvalue weighted by Gasteiger charge is 1.95. The molecule has 2 radical (unpaired) electrons. The summed E-state index contributed by atoms with van der Waals surface area (Å²) in [6, 6.07) is 0. The SMILES string of the molecule is [B]C(C)/C(C)=C/CC(C)C. The van der Waals surface area contributed by atoms with Crippen molar-refractivity contribution >= 4 is 7.85 Å². The molecule has 0 fully saturated rings. The molecule has 0 N–H and O–H groups in total. The molecular formula is C9H17B. The van der Waals surface area contributed by atoms with E-state index in [9.17, 15) is 0 Å². The summed E-state index contributed by atoms with van der Waals surface area (Å²) in [5, 5.41) is 0. The zero-order valence-electron chi connectivity index (χ0n) is 7.52. The molecule has 1 heteroatoms. The van der Waals surface area contributed by atoms with Crippen molar-refractivity contribution in [2.45, 2.75) is 39.9 Å². The molecule has 0 aromatic heterocycles. The molecule has 0 spiro atoms. The fourth-order valence-electron chi connectivity index (χ4n) is 0.607. The Morgan fingerprint density at radius 3 is 2.20 bits per heavy atom. The van der Waals surface area contributed by atoms with Crippen molar-refractivity contribution in [2.24, 2.45) is 5.92 Å². The largest absolute Gasteiger partial charge is 0.0858 e. The van der Waals surface area contributed by atoms with Crippen molar-refractivity contribution in [3.63, 3.8) is 0 Å². The Balaban J connectivity index is 3.69. The van der Waals surface area contributed by atoms with Crippen LogP contribution in [-0.2, 0) is 0 Å². The van der Waals surface area contributed by atoms with Crippen LogP contribution in [0.3, 0.4) is 0 Å². The van der Waals surface area contributed by atoms with Gasteiger partial charge in [-0.2, -0.15) is 0 Å². The molecule has 0 aliphatic heterocycles. The second-order valence-corrected chi connectivity index (χ2v) is 3.37. The van der Waals surface area contributed by atoms with Gasteiger partial charge >= 0.3 is 0 Å². The first-order valence-electron chi connectivity index (χ1n) is 3.96. The Hall–Kier alpha value is -0.195. The van der Waals surface area contributed by atoms with Gasteiger partial charge in [0.05, 0.1) is 7.85 Å². The number of rotatable bonds is 3. The van der Waals surface area contributed by atoms with Gasteiger partial charge < -0.3 is 0 Å². The summed E-state index contributed by atoms with van der Waals surface area (Å²) in [7, 11) is 5.65. The van der Waals surface area contributed by atoms with Crippen LogP contribution in [0.5, 0.6) is 0 Å². The molecule has 0 aromatic carbocycles. The lowest BCUT2D eigenvalue weighted by atomic mass is 9.82. The molecule has 0 nitrogen and oxygen atoms in total. The van der Waals surface area contributed by atoms with Gasteiger partial charge in [-0.1, -0.05) is 38.2 Å². The van der Waals surface area contributed by atoms with Crippen LogP contribution < -0.4 is 0 Å². The summed E-state index contributed by atoms with van der Waals surface area (Å²) >= 11 is 0. The lowest BCUT2D eigenvalue weighted by molar-refractivity contribution is 0.660. The molecule has 0 aliphatic carbocycles. The molecule has 1 atom stereocenters. The van der Waals surface area contributed by atoms with Crippen molar-refractivity contribution in [1.82, 2.24) is 0 Å². The van der Waals surface area contributed by atoms with Crippen molar-refractivity contribution in [3.05, 3.63) is 11.6 Å². The first-order valence-corrected chi connectivity index (χ1v) is 3.96. The van der Waals surface area contributed by atoms with Gasteiger partial charge in [-0.15, -0.1) is 0 Å². The number of allylic oxidation sites excluding steroid dienone is 2. The van der Waals surface area contributed by atoms with Crippen LogP contribution in [0.25, 0.3) is 0 Å². The van der Waals surface area contributed by atoms with E-state index in [1.807, 2.05) is 6.92 Å². The molecule has 10 heavy (non-hydrogen) atoms. The van der Waals surface area contributed by atoms with Gasteiger partial charge in [-0.25, -0.2) is 0 Å². The zero-order chi connectivity index (χ0) is 8.15. The van der Waals surface area contributed by atoms with Crippen molar-refractivity contribution in [2.75, 3.05) is 0 Å². The minimum absolute atomic E-state index is 0.221. The molecule has 0 bridgehead atoms. The second-order valence-electron chi connectivity index (χ2n) is 3.37. The lowest BCUT2D eigenvalue weighted by Gasteiger charge is -2.05. The summed E-state index contributed by atoms with van der Waals surface area (Å²) in [5.41, 5.74) is 1.30. The van der Waals surface area contributed by atoms with Crippen LogP contribution in [0.1, 0.15) is 34.1 Å². The maximum atomic E-state index is 5.65. The van der Waals surface area contributed by atoms with Crippen LogP contribution in [-0.4, -0.2) is 7.85 Å². The van der Waals surface area contributed by atoms with Crippen LogP contribution in [0.2, 0.25) is 5.82 Å². The molecule has 0 saturated heterocycles. The van der Waals surface area contributed by atoms with E-state index in [4.69, 9.17) is 7.85 Å². The van der Waals surface area contributed by atoms with Crippen molar-refractivity contribution in [1.29, 1.82) is 0 Å². The fourth-order valence-corrected chi connectivity index (χ4v) is 0.607. The third-order valence-electron chi connectivity index (χ3n) is 1.63. The Morgan fingerprint density at radius 1 is 1.40 bits per heavy atom. The normalized spacial score (nSPS) is 15.9. The fraction of sp³-hybridized carbons (Fsp3) is 0.778. The molecule has 1 unspecified atom stereocenters. The van der Waals surface area contributed by atoms with Gasteiger partial charge in [-0.3, -0.25) is 0 Å². The predicted molar refractivity (Wildman–Crippen MR) is 48.4 cm³/mol. The first-order chi connectivity index (χ1) is 4.54. The maximum Gasteiger partial charge on any atom is 0.0755 e. The van der Waals surface area contributed by atoms with E-state index in [1.165, 1.54) is 5.57 Å². The Morgan fingerprint density at radius 2 is 1.90 bits per heavy atom. The monoisotopic (exact) mass is 136 g/mol. The average Bonchev–Trinajstić information content (AvgIpc) is 1.82. The molecule has 0 amide bonds. The van der Waals surface area contributed by atoms with Gasteiger partial charge in [0.2, 0.25) is 0 Å². The molecule has 0 saturated carbocycles. The van der Waals surface area contributed by atoms with E-state index in [2.05, 4.69) is 26.8 Å². The Bertz CT molecular complexity index is 112. The summed E-state index contributed by atoms with van der Waals surface area (Å²) in [6.07, 6.45) is 3.38. The van der Waals surface area contributed by atoms with Gasteiger partial charge in [0.25, 0.3) is 0 Å². The van der Waals surface area contributed by atoms with E-state index in [-0.39, 0.29) is 5.82 Å². The molecule has 0 heterocycles. The highest BCUT2D eigenvalue weighted by Crippen LogP contribution is 2.13. The highest BCUT2D eigenvalue weighted by atomic mass is 14.0. The summed E-state index contributed by atoms with van der Waals surface area (Å²) in [6.45, 7) is 8.54. The van der Waals surface area contributed by atoms with Crippen molar-refractivity contribution in [3.8, 4) is 0 Å². The molecular weight excluding hydrogens is 119 g/mol. The third kappa shape index (κ3) is 4.66. The lowest BCUT2D eigenvalue weighted by Crippen LogP contribution is -1.89. The maximum absolute atomic E-state index is 5.65. The van der Waals surface area contributed by atoms with E-state index < -0.39 is 0 Å². The second kappa shape index (κ2) is 4.59. The molecule has 56 valence electrons. The molecule has 0 aliphatic rings. The summed E-state index contributed by atoms with van der Waals surface area (Å²) in [5.74, 6) is 0.965. The zero-order valence-corrected chi connectivity index (χ0v) is 7.52. The Kier molecular flexibility index (Phi) is 4.50. The molecule has 0 rings (SSSR count). The van der Waals surface area contributed by atoms with E-state index >= 15 is 0 Å². The standard InChI is InChI=1S/C9H17B/c1-7(2)5-6-8(3)9(4)10/h6-7,9H,5H2,1-4H3/b8-6+. The molecule has 0 aromatic rings. The van der Waals surface area contributed by atoms with Crippen molar-refractivity contribution < 1.29 is 0 Å². The third-order valence-corrected chi connectivity index (χ3v) is 1.63. The van der Waals surface area contributed by atoms with Gasteiger partial charge in [0, 0.05) is 0 Å². The summed E-state index contributed by atoms with van der Waals surface area (Å²) < 4.78 is 0. The van der Waals surface area contributed by atoms with E-state index in [1.54, 1.807) is 0 Å².